The molecule has 0 spiro atoms. The summed E-state index contributed by atoms with van der Waals surface area (Å²) in [6, 6.07) is 26.4. The van der Waals surface area contributed by atoms with Crippen molar-refractivity contribution in [2.45, 2.75) is 25.3 Å². The van der Waals surface area contributed by atoms with Crippen molar-refractivity contribution in [2.75, 3.05) is 32.6 Å². The largest absolute Gasteiger partial charge is 0.508 e. The van der Waals surface area contributed by atoms with Crippen LogP contribution in [0, 0.1) is 0 Å². The molecule has 16 nitrogen and oxygen atoms in total. The van der Waals surface area contributed by atoms with E-state index in [4.69, 9.17) is 8.83 Å². The van der Waals surface area contributed by atoms with Crippen LogP contribution in [0.4, 0.5) is 5.69 Å². The molecule has 0 saturated carbocycles. The lowest BCUT2D eigenvalue weighted by Gasteiger charge is -2.19. The van der Waals surface area contributed by atoms with E-state index in [0.29, 0.717) is 61.7 Å². The fraction of sp³-hybridized carbons (Fsp3) is 0.157. The number of nitrogens with one attached hydrogen (secondary N) is 2. The van der Waals surface area contributed by atoms with E-state index in [1.807, 2.05) is 37.2 Å². The standard InChI is InChI=1S/C51H42N4O12/c1-52-28-9-15-34-41(22-28)66-42-23-29(55(2)3)10-16-35(42)45(34)33-14-8-27(21-39(33)50(62)63)48(59)54-40(51(64)65)6-4-5-19-53-47(58)26-7-13-32(38(20-26)49(60)61)46-36-17-11-30(56)24-43(36)67-44-25-31(57)12-18-37(44)46/h7-18,20-25,40,56H,4-6,19H2,1-3H3,(H,53,58)(H,54,59)(H,60,61)(H,62,63)(H,64,65). The number of phenolic OH excluding ortho intramolecular Hbond substituents is 1. The number of hydrogen-bond acceptors (Lipinski definition) is 11. The summed E-state index contributed by atoms with van der Waals surface area (Å²) in [6.07, 6.45) is 0.516. The number of aromatic carboxylic acids is 2. The lowest BCUT2D eigenvalue weighted by molar-refractivity contribution is -0.139. The van der Waals surface area contributed by atoms with Crippen molar-refractivity contribution in [1.82, 2.24) is 10.6 Å². The van der Waals surface area contributed by atoms with Gasteiger partial charge in [0.1, 0.15) is 34.5 Å². The van der Waals surface area contributed by atoms with Crippen LogP contribution < -0.4 is 26.3 Å². The first-order valence-electron chi connectivity index (χ1n) is 21.0. The van der Waals surface area contributed by atoms with E-state index in [-0.39, 0.29) is 69.7 Å². The molecule has 16 heteroatoms. The zero-order valence-electron chi connectivity index (χ0n) is 36.2. The van der Waals surface area contributed by atoms with Gasteiger partial charge in [-0.2, -0.15) is 0 Å². The highest BCUT2D eigenvalue weighted by atomic mass is 16.4. The number of amides is 2. The van der Waals surface area contributed by atoms with Gasteiger partial charge >= 0.3 is 17.9 Å². The number of nitrogens with zero attached hydrogens (tertiary/aromatic N) is 2. The number of fused-ring (bicyclic) bond motifs is 4. The third-order valence-electron chi connectivity index (χ3n) is 11.5. The predicted molar refractivity (Wildman–Crippen MR) is 249 cm³/mol. The Morgan fingerprint density at radius 1 is 0.642 bits per heavy atom. The van der Waals surface area contributed by atoms with Gasteiger partial charge in [-0.1, -0.05) is 12.1 Å². The topological polar surface area (TPSA) is 249 Å². The normalized spacial score (nSPS) is 12.1. The lowest BCUT2D eigenvalue weighted by Crippen LogP contribution is -2.41. The van der Waals surface area contributed by atoms with Gasteiger partial charge in [0.05, 0.1) is 16.5 Å². The zero-order valence-corrected chi connectivity index (χ0v) is 36.2. The third kappa shape index (κ3) is 9.00. The van der Waals surface area contributed by atoms with E-state index < -0.39 is 35.8 Å². The van der Waals surface area contributed by atoms with Crippen LogP contribution in [0.15, 0.2) is 128 Å². The lowest BCUT2D eigenvalue weighted by atomic mass is 9.89. The molecular weight excluding hydrogens is 861 g/mol. The van der Waals surface area contributed by atoms with Crippen molar-refractivity contribution in [3.05, 3.63) is 147 Å². The number of hydrogen-bond donors (Lipinski definition) is 6. The van der Waals surface area contributed by atoms with E-state index in [2.05, 4.69) is 15.6 Å². The van der Waals surface area contributed by atoms with Gasteiger partial charge in [-0.3, -0.25) is 19.4 Å². The number of carboxylic acid groups (broad SMARTS) is 3. The second-order valence-corrected chi connectivity index (χ2v) is 16.0. The monoisotopic (exact) mass is 902 g/mol. The van der Waals surface area contributed by atoms with E-state index in [0.717, 1.165) is 5.69 Å². The molecule has 67 heavy (non-hydrogen) atoms. The molecule has 0 radical (unpaired) electrons. The molecular formula is C51H42N4O12. The zero-order chi connectivity index (χ0) is 47.7. The maximum Gasteiger partial charge on any atom is 0.336 e. The van der Waals surface area contributed by atoms with E-state index in [1.54, 1.807) is 31.3 Å². The number of aliphatic carboxylic acids is 1. The molecule has 4 aromatic carbocycles. The number of rotatable bonds is 14. The molecule has 8 rings (SSSR count). The molecule has 0 bridgehead atoms. The summed E-state index contributed by atoms with van der Waals surface area (Å²) < 4.78 is 12.2. The van der Waals surface area contributed by atoms with Gasteiger partial charge in [0.2, 0.25) is 0 Å². The molecule has 2 heterocycles. The molecule has 4 aliphatic rings. The molecule has 6 N–H and O–H groups in total. The summed E-state index contributed by atoms with van der Waals surface area (Å²) in [7, 11) is 5.42. The second kappa shape index (κ2) is 18.4. The summed E-state index contributed by atoms with van der Waals surface area (Å²) >= 11 is 0. The summed E-state index contributed by atoms with van der Waals surface area (Å²) in [4.78, 5) is 82.9. The van der Waals surface area contributed by atoms with Crippen molar-refractivity contribution >= 4 is 57.3 Å². The first kappa shape index (κ1) is 44.8. The van der Waals surface area contributed by atoms with Crippen LogP contribution in [0.5, 0.6) is 5.75 Å². The first-order valence-corrected chi connectivity index (χ1v) is 21.0. The van der Waals surface area contributed by atoms with E-state index in [9.17, 15) is 49.2 Å². The quantitative estimate of drug-likeness (QED) is 0.0456. The first-order chi connectivity index (χ1) is 32.1. The molecule has 338 valence electrons. The molecule has 2 aliphatic carbocycles. The van der Waals surface area contributed by atoms with Gasteiger partial charge in [-0.05, 0) is 103 Å². The Hall–Kier alpha value is -8.79. The second-order valence-electron chi connectivity index (χ2n) is 16.0. The van der Waals surface area contributed by atoms with Crippen LogP contribution in [0.1, 0.15) is 60.7 Å². The van der Waals surface area contributed by atoms with Gasteiger partial charge in [-0.15, -0.1) is 0 Å². The highest BCUT2D eigenvalue weighted by Crippen LogP contribution is 2.44. The van der Waals surface area contributed by atoms with Gasteiger partial charge in [0.25, 0.3) is 11.8 Å². The Morgan fingerprint density at radius 2 is 1.21 bits per heavy atom. The molecule has 0 saturated heterocycles. The Balaban J connectivity index is 0.958. The SMILES string of the molecule is CN=c1ccc2c(-c3ccc(C(=O)NC(CCCCNC(=O)c4ccc(-c5c6ccc(=O)cc-6oc6cc(O)ccc56)c(C(=O)O)c4)C(=O)O)cc3C(=O)O)c3ccc(N(C)C)cc3oc-2c1. The van der Waals surface area contributed by atoms with Crippen LogP contribution >= 0.6 is 0 Å². The fourth-order valence-corrected chi connectivity index (χ4v) is 8.16. The average Bonchev–Trinajstić information content (AvgIpc) is 3.30. The summed E-state index contributed by atoms with van der Waals surface area (Å²) in [5.74, 6) is -4.77. The van der Waals surface area contributed by atoms with E-state index >= 15 is 0 Å². The Morgan fingerprint density at radius 3 is 1.81 bits per heavy atom. The summed E-state index contributed by atoms with van der Waals surface area (Å²) in [5.41, 5.74) is 3.43. The number of carboxylic acids is 3. The summed E-state index contributed by atoms with van der Waals surface area (Å²) in [5, 5.41) is 47.9. The minimum atomic E-state index is -1.35. The molecule has 2 amide bonds. The smallest absolute Gasteiger partial charge is 0.336 e. The highest BCUT2D eigenvalue weighted by Gasteiger charge is 2.27. The maximum absolute atomic E-state index is 13.5. The predicted octanol–water partition coefficient (Wildman–Crippen LogP) is 7.56. The Labute approximate surface area is 380 Å². The van der Waals surface area contributed by atoms with Gasteiger partial charge < -0.3 is 44.8 Å². The molecule has 1 unspecified atom stereocenters. The van der Waals surface area contributed by atoms with Crippen molar-refractivity contribution in [3.63, 3.8) is 0 Å². The number of phenols is 1. The number of anilines is 1. The third-order valence-corrected chi connectivity index (χ3v) is 11.5. The number of unbranched alkanes of at least 4 members (excludes halogenated alkanes) is 1. The van der Waals surface area contributed by atoms with Crippen molar-refractivity contribution in [3.8, 4) is 50.7 Å². The minimum absolute atomic E-state index is 0.0258. The van der Waals surface area contributed by atoms with Crippen molar-refractivity contribution < 1.29 is 53.2 Å². The highest BCUT2D eigenvalue weighted by molar-refractivity contribution is 6.11. The minimum Gasteiger partial charge on any atom is -0.508 e. The van der Waals surface area contributed by atoms with Crippen LogP contribution in [0.25, 0.3) is 66.8 Å². The maximum atomic E-state index is 13.5. The van der Waals surface area contributed by atoms with Crippen molar-refractivity contribution in [1.29, 1.82) is 0 Å². The molecule has 0 fully saturated rings. The van der Waals surface area contributed by atoms with Crippen LogP contribution in [-0.2, 0) is 4.79 Å². The molecule has 2 aliphatic heterocycles. The van der Waals surface area contributed by atoms with Crippen LogP contribution in [0.2, 0.25) is 0 Å². The van der Waals surface area contributed by atoms with Crippen LogP contribution in [-0.4, -0.2) is 83.9 Å². The Bertz CT molecular complexity index is 3390. The fourth-order valence-electron chi connectivity index (χ4n) is 8.16. The number of benzene rings is 6. The average molecular weight is 903 g/mol. The Kier molecular flexibility index (Phi) is 12.3. The number of carbonyl (C=O) groups is 5. The van der Waals surface area contributed by atoms with Gasteiger partial charge in [0, 0.05) is 102 Å². The number of aromatic hydroxyl groups is 1. The van der Waals surface area contributed by atoms with Crippen molar-refractivity contribution in [2.24, 2.45) is 4.99 Å². The summed E-state index contributed by atoms with van der Waals surface area (Å²) in [6.45, 7) is 0.0876. The van der Waals surface area contributed by atoms with Gasteiger partial charge in [-0.25, -0.2) is 14.4 Å². The van der Waals surface area contributed by atoms with Crippen LogP contribution in [0.3, 0.4) is 0 Å². The molecule has 0 aromatic heterocycles. The molecule has 4 aromatic rings. The van der Waals surface area contributed by atoms with E-state index in [1.165, 1.54) is 66.7 Å². The van der Waals surface area contributed by atoms with Gasteiger partial charge in [0.15, 0.2) is 5.43 Å². The number of carbonyl (C=O) groups excluding carboxylic acids is 2. The molecule has 1 atom stereocenters.